The molecule has 0 fully saturated rings. The molecule has 0 aliphatic heterocycles. The van der Waals surface area contributed by atoms with Crippen molar-refractivity contribution in [3.8, 4) is 29.0 Å². The molecule has 37 heavy (non-hydrogen) atoms. The van der Waals surface area contributed by atoms with Crippen LogP contribution in [0.2, 0.25) is 0 Å². The van der Waals surface area contributed by atoms with Crippen LogP contribution in [0.25, 0.3) is 11.7 Å². The Kier molecular flexibility index (Phi) is 8.50. The second kappa shape index (κ2) is 12.2. The Hall–Kier alpha value is -4.21. The second-order valence-corrected chi connectivity index (χ2v) is 8.17. The van der Waals surface area contributed by atoms with Crippen molar-refractivity contribution in [2.45, 2.75) is 46.8 Å². The number of aryl methyl sites for hydroxylation is 2. The van der Waals surface area contributed by atoms with Crippen LogP contribution in [0.4, 0.5) is 0 Å². The summed E-state index contributed by atoms with van der Waals surface area (Å²) in [6.07, 6.45) is 4.23. The topological polar surface area (TPSA) is 111 Å². The van der Waals surface area contributed by atoms with Gasteiger partial charge >= 0.3 is 5.97 Å². The molecule has 0 spiro atoms. The Morgan fingerprint density at radius 1 is 1.11 bits per heavy atom. The first-order valence-corrected chi connectivity index (χ1v) is 12.1. The quantitative estimate of drug-likeness (QED) is 0.231. The van der Waals surface area contributed by atoms with Crippen molar-refractivity contribution in [1.82, 2.24) is 14.8 Å². The first kappa shape index (κ1) is 25.9. The number of ether oxygens (including phenoxy) is 4. The number of hydrogen-bond donors (Lipinski definition) is 0. The van der Waals surface area contributed by atoms with Gasteiger partial charge in [-0.05, 0) is 57.0 Å². The number of nitrogens with zero attached hydrogens (tertiary/aromatic N) is 3. The molecule has 4 aromatic rings. The van der Waals surface area contributed by atoms with Gasteiger partial charge in [0.25, 0.3) is 5.89 Å². The van der Waals surface area contributed by atoms with E-state index in [1.807, 2.05) is 38.2 Å². The van der Waals surface area contributed by atoms with Gasteiger partial charge in [0.2, 0.25) is 5.88 Å². The zero-order valence-electron chi connectivity index (χ0n) is 21.5. The van der Waals surface area contributed by atoms with E-state index in [2.05, 4.69) is 10.1 Å². The van der Waals surface area contributed by atoms with E-state index in [0.29, 0.717) is 66.7 Å². The molecule has 4 rings (SSSR count). The molecule has 10 heteroatoms. The number of carbonyl (C=O) groups is 1. The molecular formula is C27H31N3O7. The monoisotopic (exact) mass is 509 g/mol. The summed E-state index contributed by atoms with van der Waals surface area (Å²) in [6.45, 7) is 7.08. The minimum atomic E-state index is -0.240. The van der Waals surface area contributed by atoms with Crippen LogP contribution in [-0.4, -0.2) is 41.1 Å². The Labute approximate surface area is 215 Å². The maximum Gasteiger partial charge on any atom is 0.306 e. The first-order valence-electron chi connectivity index (χ1n) is 12.1. The number of aromatic nitrogens is 3. The van der Waals surface area contributed by atoms with Crippen LogP contribution in [0, 0.1) is 6.92 Å². The van der Waals surface area contributed by atoms with E-state index in [9.17, 15) is 4.79 Å². The molecule has 0 N–H and O–H groups in total. The summed E-state index contributed by atoms with van der Waals surface area (Å²) >= 11 is 0. The van der Waals surface area contributed by atoms with Crippen molar-refractivity contribution in [1.29, 1.82) is 0 Å². The Balaban J connectivity index is 1.43. The predicted octanol–water partition coefficient (Wildman–Crippen LogP) is 4.97. The van der Waals surface area contributed by atoms with Crippen LogP contribution >= 0.6 is 0 Å². The fourth-order valence-electron chi connectivity index (χ4n) is 3.76. The molecular weight excluding hydrogens is 478 g/mol. The molecule has 0 aliphatic rings. The van der Waals surface area contributed by atoms with Crippen molar-refractivity contribution in [2.75, 3.05) is 20.3 Å². The molecule has 0 aliphatic carbocycles. The van der Waals surface area contributed by atoms with Crippen molar-refractivity contribution in [3.05, 3.63) is 65.4 Å². The maximum absolute atomic E-state index is 11.8. The smallest absolute Gasteiger partial charge is 0.306 e. The Morgan fingerprint density at radius 2 is 1.97 bits per heavy atom. The lowest BCUT2D eigenvalue weighted by Crippen LogP contribution is -2.05. The number of carbonyl (C=O) groups excluding carboxylic acids is 1. The van der Waals surface area contributed by atoms with Gasteiger partial charge in [-0.15, -0.1) is 5.10 Å². The second-order valence-electron chi connectivity index (χ2n) is 8.17. The van der Waals surface area contributed by atoms with Gasteiger partial charge in [-0.1, -0.05) is 6.07 Å². The number of furan rings is 1. The molecule has 10 nitrogen and oxygen atoms in total. The zero-order valence-corrected chi connectivity index (χ0v) is 21.5. The van der Waals surface area contributed by atoms with E-state index in [0.717, 1.165) is 11.1 Å². The van der Waals surface area contributed by atoms with E-state index in [4.69, 9.17) is 27.8 Å². The van der Waals surface area contributed by atoms with Crippen molar-refractivity contribution >= 4 is 5.97 Å². The average molecular weight is 510 g/mol. The minimum absolute atomic E-state index is 0.215. The summed E-state index contributed by atoms with van der Waals surface area (Å²) in [7, 11) is 1.59. The molecule has 3 aromatic heterocycles. The van der Waals surface area contributed by atoms with E-state index in [1.54, 1.807) is 37.1 Å². The normalized spacial score (nSPS) is 10.9. The van der Waals surface area contributed by atoms with Gasteiger partial charge in [0.1, 0.15) is 18.1 Å². The first-order chi connectivity index (χ1) is 18.0. The lowest BCUT2D eigenvalue weighted by Gasteiger charge is -2.12. The van der Waals surface area contributed by atoms with Gasteiger partial charge < -0.3 is 27.8 Å². The van der Waals surface area contributed by atoms with Gasteiger partial charge in [-0.3, -0.25) is 9.48 Å². The number of rotatable bonds is 13. The lowest BCUT2D eigenvalue weighted by molar-refractivity contribution is -0.143. The van der Waals surface area contributed by atoms with Crippen molar-refractivity contribution < 1.29 is 32.6 Å². The fraction of sp³-hybridized carbons (Fsp3) is 0.370. The lowest BCUT2D eigenvalue weighted by atomic mass is 10.2. The average Bonchev–Trinajstić information content (AvgIpc) is 3.63. The Morgan fingerprint density at radius 3 is 2.70 bits per heavy atom. The standard InChI is InChI=1S/C27H31N3O7/c1-5-33-25(31)12-10-20-16-30(29-26(20)34-6-2)15-19-9-11-22(24(14-19)32-4)36-17-21-18(3)37-27(28-21)23-8-7-13-35-23/h7-9,11,13-14,16H,5-6,10,12,15,17H2,1-4H3. The highest BCUT2D eigenvalue weighted by atomic mass is 16.5. The van der Waals surface area contributed by atoms with Gasteiger partial charge in [-0.2, -0.15) is 0 Å². The molecule has 0 bridgehead atoms. The summed E-state index contributed by atoms with van der Waals surface area (Å²) in [4.78, 5) is 16.3. The van der Waals surface area contributed by atoms with E-state index in [1.165, 1.54) is 0 Å². The number of benzene rings is 1. The molecule has 0 saturated carbocycles. The fourth-order valence-corrected chi connectivity index (χ4v) is 3.76. The molecule has 0 unspecified atom stereocenters. The highest BCUT2D eigenvalue weighted by Gasteiger charge is 2.16. The van der Waals surface area contributed by atoms with Crippen LogP contribution in [0.5, 0.6) is 17.4 Å². The summed E-state index contributed by atoms with van der Waals surface area (Å²) in [6, 6.07) is 9.27. The third kappa shape index (κ3) is 6.52. The molecule has 0 atom stereocenters. The van der Waals surface area contributed by atoms with E-state index in [-0.39, 0.29) is 19.0 Å². The van der Waals surface area contributed by atoms with Crippen LogP contribution in [-0.2, 0) is 29.1 Å². The van der Waals surface area contributed by atoms with E-state index < -0.39 is 0 Å². The number of esters is 1. The maximum atomic E-state index is 11.8. The minimum Gasteiger partial charge on any atom is -0.493 e. The van der Waals surface area contributed by atoms with Crippen molar-refractivity contribution in [3.63, 3.8) is 0 Å². The molecule has 1 aromatic carbocycles. The molecule has 0 saturated heterocycles. The molecule has 3 heterocycles. The summed E-state index contributed by atoms with van der Waals surface area (Å²) in [5.74, 6) is 3.08. The summed E-state index contributed by atoms with van der Waals surface area (Å²) < 4.78 is 35.1. The highest BCUT2D eigenvalue weighted by molar-refractivity contribution is 5.69. The van der Waals surface area contributed by atoms with Gasteiger partial charge in [0, 0.05) is 18.2 Å². The third-order valence-corrected chi connectivity index (χ3v) is 5.55. The zero-order chi connectivity index (χ0) is 26.2. The van der Waals surface area contributed by atoms with Gasteiger partial charge in [0.15, 0.2) is 17.3 Å². The predicted molar refractivity (Wildman–Crippen MR) is 134 cm³/mol. The Bertz CT molecular complexity index is 1310. The van der Waals surface area contributed by atoms with Crippen LogP contribution in [0.1, 0.15) is 42.8 Å². The van der Waals surface area contributed by atoms with Crippen molar-refractivity contribution in [2.24, 2.45) is 0 Å². The third-order valence-electron chi connectivity index (χ3n) is 5.55. The number of hydrogen-bond acceptors (Lipinski definition) is 9. The van der Waals surface area contributed by atoms with Crippen LogP contribution in [0.3, 0.4) is 0 Å². The van der Waals surface area contributed by atoms with Gasteiger partial charge in [-0.25, -0.2) is 4.98 Å². The summed E-state index contributed by atoms with van der Waals surface area (Å²) in [5.41, 5.74) is 2.50. The summed E-state index contributed by atoms with van der Waals surface area (Å²) in [5, 5.41) is 4.55. The molecule has 0 amide bonds. The molecule has 196 valence electrons. The SMILES string of the molecule is CCOC(=O)CCc1cn(Cc2ccc(OCc3nc(-c4ccco4)oc3C)c(OC)c2)nc1OCC. The highest BCUT2D eigenvalue weighted by Crippen LogP contribution is 2.30. The largest absolute Gasteiger partial charge is 0.493 e. The van der Waals surface area contributed by atoms with Crippen LogP contribution in [0.15, 0.2) is 51.6 Å². The number of methoxy groups -OCH3 is 1. The molecule has 0 radical (unpaired) electrons. The van der Waals surface area contributed by atoms with Gasteiger partial charge in [0.05, 0.1) is 33.1 Å². The van der Waals surface area contributed by atoms with E-state index >= 15 is 0 Å². The van der Waals surface area contributed by atoms with Crippen LogP contribution < -0.4 is 14.2 Å². The number of oxazole rings is 1.